The maximum Gasteiger partial charge on any atom is 0.155 e. The van der Waals surface area contributed by atoms with Crippen LogP contribution in [0.15, 0.2) is 11.6 Å². The minimum Gasteiger partial charge on any atom is -0.393 e. The number of aliphatic hydroxyl groups excluding tert-OH is 1. The van der Waals surface area contributed by atoms with E-state index in [9.17, 15) is 9.90 Å². The second kappa shape index (κ2) is 4.44. The van der Waals surface area contributed by atoms with E-state index in [2.05, 4.69) is 13.8 Å². The third kappa shape index (κ3) is 1.78. The highest BCUT2D eigenvalue weighted by molar-refractivity contribution is 5.91. The van der Waals surface area contributed by atoms with Gasteiger partial charge in [-0.1, -0.05) is 19.4 Å². The van der Waals surface area contributed by atoms with E-state index in [1.807, 2.05) is 6.08 Å². The Balaban J connectivity index is 1.69. The molecule has 0 aromatic heterocycles. The first-order valence-corrected chi connectivity index (χ1v) is 8.87. The van der Waals surface area contributed by atoms with E-state index < -0.39 is 0 Å². The monoisotopic (exact) mass is 288 g/mol. The van der Waals surface area contributed by atoms with Gasteiger partial charge in [-0.25, -0.2) is 0 Å². The molecule has 6 atom stereocenters. The molecule has 0 heterocycles. The molecule has 0 aromatic rings. The van der Waals surface area contributed by atoms with Crippen molar-refractivity contribution in [1.29, 1.82) is 0 Å². The summed E-state index contributed by atoms with van der Waals surface area (Å²) < 4.78 is 0. The van der Waals surface area contributed by atoms with Gasteiger partial charge in [0.25, 0.3) is 0 Å². The molecule has 1 N–H and O–H groups in total. The summed E-state index contributed by atoms with van der Waals surface area (Å²) in [5.41, 5.74) is 1.89. The summed E-state index contributed by atoms with van der Waals surface area (Å²) in [7, 11) is 0. The Kier molecular flexibility index (Phi) is 2.96. The van der Waals surface area contributed by atoms with Crippen LogP contribution in [0.2, 0.25) is 0 Å². The van der Waals surface area contributed by atoms with Gasteiger partial charge in [0.2, 0.25) is 0 Å². The van der Waals surface area contributed by atoms with Crippen molar-refractivity contribution in [3.63, 3.8) is 0 Å². The van der Waals surface area contributed by atoms with Gasteiger partial charge in [-0.05, 0) is 79.6 Å². The van der Waals surface area contributed by atoms with E-state index in [0.717, 1.165) is 37.5 Å². The second-order valence-electron chi connectivity index (χ2n) is 8.61. The fraction of sp³-hybridized carbons (Fsp3) is 0.842. The smallest absolute Gasteiger partial charge is 0.155 e. The number of rotatable bonds is 0. The van der Waals surface area contributed by atoms with Crippen molar-refractivity contribution in [2.45, 2.75) is 71.3 Å². The molecule has 2 heteroatoms. The number of ketones is 1. The highest BCUT2D eigenvalue weighted by Crippen LogP contribution is 2.65. The summed E-state index contributed by atoms with van der Waals surface area (Å²) in [6.45, 7) is 4.76. The van der Waals surface area contributed by atoms with Crippen LogP contribution >= 0.6 is 0 Å². The summed E-state index contributed by atoms with van der Waals surface area (Å²) in [6.07, 6.45) is 10.7. The van der Waals surface area contributed by atoms with E-state index in [4.69, 9.17) is 0 Å². The highest BCUT2D eigenvalue weighted by atomic mass is 16.3. The number of fused-ring (bicyclic) bond motifs is 5. The molecule has 116 valence electrons. The fourth-order valence-corrected chi connectivity index (χ4v) is 6.53. The molecule has 21 heavy (non-hydrogen) atoms. The highest BCUT2D eigenvalue weighted by Gasteiger charge is 2.58. The maximum atomic E-state index is 11.8. The average molecular weight is 288 g/mol. The third-order valence-electron chi connectivity index (χ3n) is 7.91. The Hall–Kier alpha value is -0.630. The molecule has 0 saturated heterocycles. The first-order valence-electron chi connectivity index (χ1n) is 8.87. The molecule has 2 nitrogen and oxygen atoms in total. The zero-order valence-corrected chi connectivity index (χ0v) is 13.4. The molecule has 4 aliphatic carbocycles. The van der Waals surface area contributed by atoms with Gasteiger partial charge >= 0.3 is 0 Å². The van der Waals surface area contributed by atoms with Crippen molar-refractivity contribution < 1.29 is 9.90 Å². The van der Waals surface area contributed by atoms with Crippen molar-refractivity contribution in [3.05, 3.63) is 11.6 Å². The Morgan fingerprint density at radius 3 is 2.67 bits per heavy atom. The Labute approximate surface area is 128 Å². The van der Waals surface area contributed by atoms with E-state index in [1.54, 1.807) is 0 Å². The van der Waals surface area contributed by atoms with Crippen molar-refractivity contribution in [3.8, 4) is 0 Å². The van der Waals surface area contributed by atoms with Crippen molar-refractivity contribution in [2.75, 3.05) is 0 Å². The lowest BCUT2D eigenvalue weighted by Crippen LogP contribution is -2.51. The molecule has 0 bridgehead atoms. The predicted molar refractivity (Wildman–Crippen MR) is 82.7 cm³/mol. The maximum absolute atomic E-state index is 11.8. The summed E-state index contributed by atoms with van der Waals surface area (Å²) in [4.78, 5) is 11.8. The Bertz CT molecular complexity index is 508. The standard InChI is InChI=1S/C19H28O2/c1-18-9-7-13(20)11-12(18)3-4-14-15-5-6-17(21)19(15,2)10-8-16(14)18/h11,14-17,21H,3-10H2,1-2H3/t14-,15+,16-,17+,18-,19+/m1/s1. The molecule has 0 spiro atoms. The van der Waals surface area contributed by atoms with Gasteiger partial charge in [0.1, 0.15) is 0 Å². The summed E-state index contributed by atoms with van der Waals surface area (Å²) in [5, 5.41) is 10.4. The molecular weight excluding hydrogens is 260 g/mol. The minimum absolute atomic E-state index is 0.0823. The molecule has 0 amide bonds. The van der Waals surface area contributed by atoms with Gasteiger partial charge in [0.05, 0.1) is 6.10 Å². The molecule has 0 aliphatic heterocycles. The zero-order chi connectivity index (χ0) is 14.8. The van der Waals surface area contributed by atoms with E-state index in [-0.39, 0.29) is 16.9 Å². The fourth-order valence-electron chi connectivity index (χ4n) is 6.53. The number of hydrogen-bond donors (Lipinski definition) is 1. The first-order chi connectivity index (χ1) is 9.95. The lowest BCUT2D eigenvalue weighted by molar-refractivity contribution is -0.118. The second-order valence-corrected chi connectivity index (χ2v) is 8.61. The minimum atomic E-state index is -0.0823. The predicted octanol–water partition coefficient (Wildman–Crippen LogP) is 3.88. The molecule has 3 fully saturated rings. The Morgan fingerprint density at radius 1 is 1.05 bits per heavy atom. The molecule has 4 aliphatic rings. The number of aliphatic hydroxyl groups is 1. The van der Waals surface area contributed by atoms with Crippen LogP contribution in [-0.2, 0) is 4.79 Å². The molecule has 3 saturated carbocycles. The largest absolute Gasteiger partial charge is 0.393 e. The van der Waals surface area contributed by atoms with Gasteiger partial charge in [-0.3, -0.25) is 4.79 Å². The van der Waals surface area contributed by atoms with Crippen LogP contribution in [0.25, 0.3) is 0 Å². The van der Waals surface area contributed by atoms with Crippen LogP contribution in [0.4, 0.5) is 0 Å². The lowest BCUT2D eigenvalue weighted by Gasteiger charge is -2.57. The van der Waals surface area contributed by atoms with Crippen molar-refractivity contribution >= 4 is 5.78 Å². The number of carbonyl (C=O) groups is 1. The van der Waals surface area contributed by atoms with Crippen molar-refractivity contribution in [2.24, 2.45) is 28.6 Å². The molecule has 0 radical (unpaired) electrons. The topological polar surface area (TPSA) is 37.3 Å². The van der Waals surface area contributed by atoms with Crippen LogP contribution in [0.1, 0.15) is 65.2 Å². The average Bonchev–Trinajstić information content (AvgIpc) is 2.76. The van der Waals surface area contributed by atoms with E-state index in [1.165, 1.54) is 31.3 Å². The van der Waals surface area contributed by atoms with Crippen LogP contribution in [0.5, 0.6) is 0 Å². The quantitative estimate of drug-likeness (QED) is 0.734. The zero-order valence-electron chi connectivity index (χ0n) is 13.4. The number of carbonyl (C=O) groups excluding carboxylic acids is 1. The summed E-state index contributed by atoms with van der Waals surface area (Å²) >= 11 is 0. The molecule has 0 aromatic carbocycles. The SMILES string of the molecule is C[C@]12CC[C@@H]3[C@H](CCC4=CC(=O)CC[C@]43C)[C@@H]1CC[C@@H]2O. The number of allylic oxidation sites excluding steroid dienone is 1. The summed E-state index contributed by atoms with van der Waals surface area (Å²) in [5.74, 6) is 2.57. The normalized spacial score (nSPS) is 52.7. The summed E-state index contributed by atoms with van der Waals surface area (Å²) in [6, 6.07) is 0. The Morgan fingerprint density at radius 2 is 1.86 bits per heavy atom. The molecular formula is C19H28O2. The van der Waals surface area contributed by atoms with Crippen LogP contribution in [0, 0.1) is 28.6 Å². The van der Waals surface area contributed by atoms with Gasteiger partial charge in [0, 0.05) is 6.42 Å². The van der Waals surface area contributed by atoms with Crippen LogP contribution in [-0.4, -0.2) is 17.0 Å². The van der Waals surface area contributed by atoms with Gasteiger partial charge in [0.15, 0.2) is 5.78 Å². The van der Waals surface area contributed by atoms with Crippen LogP contribution < -0.4 is 0 Å². The van der Waals surface area contributed by atoms with E-state index >= 15 is 0 Å². The first kappa shape index (κ1) is 14.0. The lowest BCUT2D eigenvalue weighted by atomic mass is 9.47. The van der Waals surface area contributed by atoms with Gasteiger partial charge < -0.3 is 5.11 Å². The molecule has 0 unspecified atom stereocenters. The van der Waals surface area contributed by atoms with Crippen LogP contribution in [0.3, 0.4) is 0 Å². The van der Waals surface area contributed by atoms with Gasteiger partial charge in [-0.15, -0.1) is 0 Å². The van der Waals surface area contributed by atoms with Gasteiger partial charge in [-0.2, -0.15) is 0 Å². The van der Waals surface area contributed by atoms with E-state index in [0.29, 0.717) is 11.7 Å². The molecule has 4 rings (SSSR count). The number of hydrogen-bond acceptors (Lipinski definition) is 2. The third-order valence-corrected chi connectivity index (χ3v) is 7.91. The van der Waals surface area contributed by atoms with Crippen molar-refractivity contribution in [1.82, 2.24) is 0 Å².